The maximum absolute atomic E-state index is 12.8. The summed E-state index contributed by atoms with van der Waals surface area (Å²) in [6, 6.07) is 10.6. The van der Waals surface area contributed by atoms with E-state index in [9.17, 15) is 4.57 Å². The van der Waals surface area contributed by atoms with Gasteiger partial charge in [-0.15, -0.1) is 0 Å². The fraction of sp³-hybridized carbons (Fsp3) is 0.600. The summed E-state index contributed by atoms with van der Waals surface area (Å²) in [5.74, 6) is 0.691. The van der Waals surface area contributed by atoms with Gasteiger partial charge in [0, 0.05) is 11.3 Å². The molecule has 2 aliphatic heterocycles. The molecule has 0 N–H and O–H groups in total. The third-order valence-electron chi connectivity index (χ3n) is 4.59. The molecule has 2 heterocycles. The predicted octanol–water partition coefficient (Wildman–Crippen LogP) is 4.64. The van der Waals surface area contributed by atoms with Crippen LogP contribution < -0.4 is 0 Å². The van der Waals surface area contributed by atoms with E-state index in [1.807, 2.05) is 0 Å². The van der Waals surface area contributed by atoms with Crippen molar-refractivity contribution < 1.29 is 4.57 Å². The first kappa shape index (κ1) is 11.5. The molecule has 1 aromatic rings. The molecular formula is C15H21OP. The van der Waals surface area contributed by atoms with Crippen LogP contribution in [0.1, 0.15) is 49.7 Å². The Labute approximate surface area is 104 Å². The van der Waals surface area contributed by atoms with Crippen LogP contribution >= 0.6 is 7.80 Å². The highest BCUT2D eigenvalue weighted by Crippen LogP contribution is 2.58. The average molecular weight is 248 g/mol. The Bertz CT molecular complexity index is 391. The Hall–Kier alpha value is -0.550. The molecule has 2 unspecified atom stereocenters. The molecule has 0 amide bonds. The SMILES string of the molecule is O=[PH]1C2CCCC(CCC2)C1c1ccccc1. The summed E-state index contributed by atoms with van der Waals surface area (Å²) < 4.78 is 12.8. The van der Waals surface area contributed by atoms with Gasteiger partial charge >= 0.3 is 0 Å². The van der Waals surface area contributed by atoms with Gasteiger partial charge in [0.2, 0.25) is 0 Å². The summed E-state index contributed by atoms with van der Waals surface area (Å²) in [6.07, 6.45) is 7.64. The van der Waals surface area contributed by atoms with Crippen LogP contribution in [0.2, 0.25) is 0 Å². The number of benzene rings is 1. The summed E-state index contributed by atoms with van der Waals surface area (Å²) in [4.78, 5) is 0. The minimum atomic E-state index is -1.44. The second-order valence-corrected chi connectivity index (χ2v) is 7.85. The van der Waals surface area contributed by atoms with Gasteiger partial charge in [-0.25, -0.2) is 0 Å². The maximum atomic E-state index is 12.8. The van der Waals surface area contributed by atoms with E-state index in [0.29, 0.717) is 17.2 Å². The van der Waals surface area contributed by atoms with Crippen LogP contribution in [0.4, 0.5) is 0 Å². The minimum absolute atomic E-state index is 0.385. The number of hydrogen-bond donors (Lipinski definition) is 0. The molecule has 2 heteroatoms. The van der Waals surface area contributed by atoms with Crippen LogP contribution in [0.5, 0.6) is 0 Å². The van der Waals surface area contributed by atoms with Crippen molar-refractivity contribution >= 4 is 7.80 Å². The highest BCUT2D eigenvalue weighted by molar-refractivity contribution is 7.46. The summed E-state index contributed by atoms with van der Waals surface area (Å²) in [5, 5.41) is 0. The van der Waals surface area contributed by atoms with Crippen LogP contribution in [0, 0.1) is 5.92 Å². The normalized spacial score (nSPS) is 37.4. The molecule has 3 rings (SSSR count). The topological polar surface area (TPSA) is 17.1 Å². The van der Waals surface area contributed by atoms with Gasteiger partial charge in [0.05, 0.1) is 7.80 Å². The summed E-state index contributed by atoms with van der Waals surface area (Å²) in [7, 11) is -1.44. The number of hydrogen-bond acceptors (Lipinski definition) is 1. The van der Waals surface area contributed by atoms with Crippen LogP contribution in [-0.4, -0.2) is 5.66 Å². The Morgan fingerprint density at radius 1 is 0.941 bits per heavy atom. The Morgan fingerprint density at radius 2 is 1.59 bits per heavy atom. The third kappa shape index (κ3) is 2.22. The lowest BCUT2D eigenvalue weighted by atomic mass is 9.87. The molecule has 2 fully saturated rings. The van der Waals surface area contributed by atoms with E-state index in [4.69, 9.17) is 0 Å². The third-order valence-corrected chi connectivity index (χ3v) is 7.39. The van der Waals surface area contributed by atoms with E-state index in [1.165, 1.54) is 44.1 Å². The monoisotopic (exact) mass is 248 g/mol. The quantitative estimate of drug-likeness (QED) is 0.662. The Kier molecular flexibility index (Phi) is 3.38. The van der Waals surface area contributed by atoms with Crippen LogP contribution in [-0.2, 0) is 4.57 Å². The van der Waals surface area contributed by atoms with Crippen molar-refractivity contribution in [3.63, 3.8) is 0 Å². The van der Waals surface area contributed by atoms with Gasteiger partial charge in [0.1, 0.15) is 0 Å². The van der Waals surface area contributed by atoms with Crippen molar-refractivity contribution in [1.82, 2.24) is 0 Å². The second kappa shape index (κ2) is 4.98. The molecule has 2 atom stereocenters. The van der Waals surface area contributed by atoms with Gasteiger partial charge in [-0.1, -0.05) is 43.2 Å². The number of fused-ring (bicyclic) bond motifs is 3. The lowest BCUT2D eigenvalue weighted by molar-refractivity contribution is 0.393. The fourth-order valence-electron chi connectivity index (χ4n) is 3.74. The first-order valence-electron chi connectivity index (χ1n) is 6.95. The van der Waals surface area contributed by atoms with E-state index in [-0.39, 0.29) is 0 Å². The smallest absolute Gasteiger partial charge is 0.0865 e. The molecule has 0 radical (unpaired) electrons. The zero-order chi connectivity index (χ0) is 11.7. The van der Waals surface area contributed by atoms with Crippen molar-refractivity contribution in [2.45, 2.75) is 49.8 Å². The first-order chi connectivity index (χ1) is 8.36. The lowest BCUT2D eigenvalue weighted by Gasteiger charge is -2.23. The van der Waals surface area contributed by atoms with E-state index in [2.05, 4.69) is 30.3 Å². The second-order valence-electron chi connectivity index (χ2n) is 5.61. The highest BCUT2D eigenvalue weighted by Gasteiger charge is 2.37. The zero-order valence-electron chi connectivity index (χ0n) is 10.3. The predicted molar refractivity (Wildman–Crippen MR) is 73.2 cm³/mol. The van der Waals surface area contributed by atoms with Crippen molar-refractivity contribution in [2.75, 3.05) is 0 Å². The molecular weight excluding hydrogens is 227 g/mol. The average Bonchev–Trinajstić information content (AvgIpc) is 2.57. The molecule has 92 valence electrons. The van der Waals surface area contributed by atoms with Gasteiger partial charge in [-0.2, -0.15) is 0 Å². The maximum Gasteiger partial charge on any atom is 0.0865 e. The zero-order valence-corrected chi connectivity index (χ0v) is 11.3. The lowest BCUT2D eigenvalue weighted by Crippen LogP contribution is -2.08. The first-order valence-corrected chi connectivity index (χ1v) is 8.51. The molecule has 2 aliphatic rings. The van der Waals surface area contributed by atoms with E-state index in [0.717, 1.165) is 0 Å². The molecule has 0 saturated carbocycles. The van der Waals surface area contributed by atoms with Crippen molar-refractivity contribution in [3.8, 4) is 0 Å². The van der Waals surface area contributed by atoms with E-state index < -0.39 is 7.80 Å². The van der Waals surface area contributed by atoms with E-state index in [1.54, 1.807) is 0 Å². The van der Waals surface area contributed by atoms with Crippen molar-refractivity contribution in [3.05, 3.63) is 35.9 Å². The van der Waals surface area contributed by atoms with Crippen molar-refractivity contribution in [2.24, 2.45) is 5.92 Å². The summed E-state index contributed by atoms with van der Waals surface area (Å²) >= 11 is 0. The molecule has 2 saturated heterocycles. The minimum Gasteiger partial charge on any atom is -0.326 e. The van der Waals surface area contributed by atoms with Gasteiger partial charge in [0.25, 0.3) is 0 Å². The Balaban J connectivity index is 1.99. The van der Waals surface area contributed by atoms with Crippen LogP contribution in [0.25, 0.3) is 0 Å². The van der Waals surface area contributed by atoms with Crippen LogP contribution in [0.3, 0.4) is 0 Å². The molecule has 17 heavy (non-hydrogen) atoms. The summed E-state index contributed by atoms with van der Waals surface area (Å²) in [6.45, 7) is 0. The van der Waals surface area contributed by atoms with Crippen LogP contribution in [0.15, 0.2) is 30.3 Å². The standard InChI is InChI=1S/C15H21OP/c16-17-14-10-4-8-13(9-5-11-14)15(17)12-6-2-1-3-7-12/h1-3,6-7,13-15,17H,4-5,8-11H2. The summed E-state index contributed by atoms with van der Waals surface area (Å²) in [5.41, 5.74) is 2.27. The Morgan fingerprint density at radius 3 is 2.24 bits per heavy atom. The largest absolute Gasteiger partial charge is 0.326 e. The van der Waals surface area contributed by atoms with Gasteiger partial charge in [-0.3, -0.25) is 0 Å². The van der Waals surface area contributed by atoms with E-state index >= 15 is 0 Å². The molecule has 0 aromatic heterocycles. The molecule has 1 nitrogen and oxygen atoms in total. The molecule has 1 aromatic carbocycles. The van der Waals surface area contributed by atoms with Crippen molar-refractivity contribution in [1.29, 1.82) is 0 Å². The number of rotatable bonds is 1. The molecule has 0 spiro atoms. The highest BCUT2D eigenvalue weighted by atomic mass is 31.1. The molecule has 0 aliphatic carbocycles. The fourth-order valence-corrected chi connectivity index (χ4v) is 6.55. The van der Waals surface area contributed by atoms with Gasteiger partial charge in [0.15, 0.2) is 0 Å². The van der Waals surface area contributed by atoms with Gasteiger partial charge in [-0.05, 0) is 37.2 Å². The molecule has 2 bridgehead atoms. The van der Waals surface area contributed by atoms with Gasteiger partial charge < -0.3 is 4.57 Å².